The van der Waals surface area contributed by atoms with Gasteiger partial charge in [0, 0.05) is 6.54 Å². The first kappa shape index (κ1) is 15.3. The summed E-state index contributed by atoms with van der Waals surface area (Å²) in [6.45, 7) is 2.06. The van der Waals surface area contributed by atoms with Crippen molar-refractivity contribution in [1.29, 1.82) is 0 Å². The lowest BCUT2D eigenvalue weighted by Crippen LogP contribution is -2.15. The number of nitrogens with two attached hydrogens (primary N) is 1. The Kier molecular flexibility index (Phi) is 4.50. The van der Waals surface area contributed by atoms with Gasteiger partial charge in [-0.1, -0.05) is 18.2 Å². The number of sulfonamides is 1. The molecule has 0 fully saturated rings. The van der Waals surface area contributed by atoms with Crippen molar-refractivity contribution in [3.05, 3.63) is 53.6 Å². The molecule has 3 N–H and O–H groups in total. The molecular weight excluding hydrogens is 288 g/mol. The molecule has 0 aliphatic heterocycles. The second-order valence-corrected chi connectivity index (χ2v) is 6.28. The normalized spacial score (nSPS) is 11.2. The average molecular weight is 306 g/mol. The molecule has 0 saturated carbocycles. The molecule has 0 aliphatic rings. The van der Waals surface area contributed by atoms with Gasteiger partial charge in [-0.2, -0.15) is 0 Å². The van der Waals surface area contributed by atoms with E-state index >= 15 is 0 Å². The molecule has 2 rings (SSSR count). The molecule has 0 amide bonds. The Morgan fingerprint density at radius 3 is 2.52 bits per heavy atom. The first-order valence-electron chi connectivity index (χ1n) is 6.43. The third-order valence-electron chi connectivity index (χ3n) is 3.16. The van der Waals surface area contributed by atoms with Crippen molar-refractivity contribution < 1.29 is 13.2 Å². The predicted molar refractivity (Wildman–Crippen MR) is 82.9 cm³/mol. The van der Waals surface area contributed by atoms with E-state index in [1.165, 1.54) is 6.07 Å². The molecule has 2 aromatic carbocycles. The number of anilines is 1. The highest BCUT2D eigenvalue weighted by molar-refractivity contribution is 7.92. The molecular formula is C15H18N2O3S. The van der Waals surface area contributed by atoms with Crippen molar-refractivity contribution in [2.75, 3.05) is 11.8 Å². The molecule has 0 radical (unpaired) electrons. The molecule has 0 aliphatic carbocycles. The number of aryl methyl sites for hydroxylation is 1. The number of hydrogen-bond acceptors (Lipinski definition) is 4. The predicted octanol–water partition coefficient (Wildman–Crippen LogP) is 2.26. The molecule has 2 aromatic rings. The lowest BCUT2D eigenvalue weighted by atomic mass is 10.2. The summed E-state index contributed by atoms with van der Waals surface area (Å²) in [5, 5.41) is 0. The third-order valence-corrected chi connectivity index (χ3v) is 4.52. The number of para-hydroxylation sites is 1. The van der Waals surface area contributed by atoms with Gasteiger partial charge in [-0.3, -0.25) is 4.72 Å². The van der Waals surface area contributed by atoms with E-state index in [1.54, 1.807) is 44.4 Å². The van der Waals surface area contributed by atoms with Crippen LogP contribution in [-0.4, -0.2) is 15.5 Å². The number of ether oxygens (including phenoxy) is 1. The minimum absolute atomic E-state index is 0.188. The van der Waals surface area contributed by atoms with Crippen LogP contribution < -0.4 is 15.2 Å². The van der Waals surface area contributed by atoms with E-state index < -0.39 is 10.0 Å². The van der Waals surface area contributed by atoms with Gasteiger partial charge in [0.1, 0.15) is 5.75 Å². The second-order valence-electron chi connectivity index (χ2n) is 4.60. The smallest absolute Gasteiger partial charge is 0.261 e. The maximum atomic E-state index is 12.4. The first-order valence-corrected chi connectivity index (χ1v) is 7.91. The summed E-state index contributed by atoms with van der Waals surface area (Å²) >= 11 is 0. The van der Waals surface area contributed by atoms with Gasteiger partial charge in [-0.25, -0.2) is 8.42 Å². The van der Waals surface area contributed by atoms with Crippen molar-refractivity contribution >= 4 is 15.7 Å². The number of nitrogens with one attached hydrogen (secondary N) is 1. The minimum Gasteiger partial charge on any atom is -0.496 e. The van der Waals surface area contributed by atoms with E-state index in [4.69, 9.17) is 10.5 Å². The fourth-order valence-corrected chi connectivity index (χ4v) is 3.21. The molecule has 0 heterocycles. The van der Waals surface area contributed by atoms with E-state index in [9.17, 15) is 8.42 Å². The maximum Gasteiger partial charge on any atom is 0.261 e. The van der Waals surface area contributed by atoms with Crippen LogP contribution in [0.4, 0.5) is 5.69 Å². The van der Waals surface area contributed by atoms with Crippen molar-refractivity contribution in [2.45, 2.75) is 18.4 Å². The van der Waals surface area contributed by atoms with Gasteiger partial charge in [0.15, 0.2) is 0 Å². The summed E-state index contributed by atoms with van der Waals surface area (Å²) in [6.07, 6.45) is 0. The summed E-state index contributed by atoms with van der Waals surface area (Å²) in [7, 11) is -2.11. The van der Waals surface area contributed by atoms with Crippen LogP contribution in [0.1, 0.15) is 11.1 Å². The van der Waals surface area contributed by atoms with E-state index in [1.807, 2.05) is 6.07 Å². The van der Waals surface area contributed by atoms with Crippen molar-refractivity contribution in [3.63, 3.8) is 0 Å². The summed E-state index contributed by atoms with van der Waals surface area (Å²) in [5.41, 5.74) is 7.61. The lowest BCUT2D eigenvalue weighted by molar-refractivity contribution is 0.411. The molecule has 5 nitrogen and oxygen atoms in total. The van der Waals surface area contributed by atoms with Gasteiger partial charge in [0.05, 0.1) is 17.7 Å². The number of hydrogen-bond donors (Lipinski definition) is 2. The lowest BCUT2D eigenvalue weighted by Gasteiger charge is -2.13. The van der Waals surface area contributed by atoms with Crippen LogP contribution >= 0.6 is 0 Å². The van der Waals surface area contributed by atoms with E-state index in [2.05, 4.69) is 4.72 Å². The van der Waals surface area contributed by atoms with Crippen LogP contribution in [0.15, 0.2) is 47.4 Å². The van der Waals surface area contributed by atoms with Crippen LogP contribution in [0, 0.1) is 6.92 Å². The highest BCUT2D eigenvalue weighted by Gasteiger charge is 2.16. The van der Waals surface area contributed by atoms with Crippen molar-refractivity contribution in [3.8, 4) is 5.75 Å². The Morgan fingerprint density at radius 2 is 1.90 bits per heavy atom. The Balaban J connectivity index is 2.36. The summed E-state index contributed by atoms with van der Waals surface area (Å²) in [5.74, 6) is 0.649. The van der Waals surface area contributed by atoms with Crippen LogP contribution in [-0.2, 0) is 16.6 Å². The molecule has 0 unspecified atom stereocenters. The Morgan fingerprint density at radius 1 is 1.19 bits per heavy atom. The van der Waals surface area contributed by atoms with Crippen molar-refractivity contribution in [1.82, 2.24) is 0 Å². The largest absolute Gasteiger partial charge is 0.496 e. The zero-order valence-electron chi connectivity index (χ0n) is 12.0. The summed E-state index contributed by atoms with van der Waals surface area (Å²) in [4.78, 5) is 0.188. The van der Waals surface area contributed by atoms with Crippen molar-refractivity contribution in [2.24, 2.45) is 5.73 Å². The quantitative estimate of drug-likeness (QED) is 0.888. The minimum atomic E-state index is -3.65. The number of methoxy groups -OCH3 is 1. The summed E-state index contributed by atoms with van der Waals surface area (Å²) < 4.78 is 32.6. The summed E-state index contributed by atoms with van der Waals surface area (Å²) in [6, 6.07) is 11.8. The van der Waals surface area contributed by atoms with Gasteiger partial charge >= 0.3 is 0 Å². The highest BCUT2D eigenvalue weighted by atomic mass is 32.2. The molecule has 0 aromatic heterocycles. The molecule has 0 bridgehead atoms. The van der Waals surface area contributed by atoms with Crippen LogP contribution in [0.25, 0.3) is 0 Å². The SMILES string of the molecule is COc1ccc(S(=O)(=O)Nc2ccccc2CN)cc1C. The first-order chi connectivity index (χ1) is 9.97. The van der Waals surface area contributed by atoms with E-state index in [0.717, 1.165) is 11.1 Å². The maximum absolute atomic E-state index is 12.4. The highest BCUT2D eigenvalue weighted by Crippen LogP contribution is 2.24. The van der Waals surface area contributed by atoms with Gasteiger partial charge in [-0.05, 0) is 42.3 Å². The fraction of sp³-hybridized carbons (Fsp3) is 0.200. The van der Waals surface area contributed by atoms with Crippen LogP contribution in [0.2, 0.25) is 0 Å². The molecule has 0 atom stereocenters. The van der Waals surface area contributed by atoms with Gasteiger partial charge < -0.3 is 10.5 Å². The molecule has 112 valence electrons. The molecule has 0 saturated heterocycles. The standard InChI is InChI=1S/C15H18N2O3S/c1-11-9-13(7-8-15(11)20-2)21(18,19)17-14-6-4-3-5-12(14)10-16/h3-9,17H,10,16H2,1-2H3. The zero-order valence-corrected chi connectivity index (χ0v) is 12.8. The number of benzene rings is 2. The van der Waals surface area contributed by atoms with Crippen LogP contribution in [0.5, 0.6) is 5.75 Å². The Labute approximate surface area is 124 Å². The third kappa shape index (κ3) is 3.34. The van der Waals surface area contributed by atoms with Gasteiger partial charge in [-0.15, -0.1) is 0 Å². The second kappa shape index (κ2) is 6.15. The average Bonchev–Trinajstić information content (AvgIpc) is 2.47. The van der Waals surface area contributed by atoms with Crippen LogP contribution in [0.3, 0.4) is 0 Å². The van der Waals surface area contributed by atoms with Gasteiger partial charge in [0.25, 0.3) is 10.0 Å². The fourth-order valence-electron chi connectivity index (χ4n) is 2.02. The van der Waals surface area contributed by atoms with E-state index in [-0.39, 0.29) is 11.4 Å². The Bertz CT molecular complexity index is 742. The molecule has 21 heavy (non-hydrogen) atoms. The Hall–Kier alpha value is -2.05. The topological polar surface area (TPSA) is 81.4 Å². The zero-order chi connectivity index (χ0) is 15.5. The monoisotopic (exact) mass is 306 g/mol. The molecule has 0 spiro atoms. The molecule has 6 heteroatoms. The van der Waals surface area contributed by atoms with E-state index in [0.29, 0.717) is 11.4 Å². The van der Waals surface area contributed by atoms with Gasteiger partial charge in [0.2, 0.25) is 0 Å². The number of rotatable bonds is 5.